The molecule has 0 atom stereocenters. The van der Waals surface area contributed by atoms with Gasteiger partial charge in [0.15, 0.2) is 11.5 Å². The van der Waals surface area contributed by atoms with E-state index in [0.29, 0.717) is 0 Å². The van der Waals surface area contributed by atoms with Crippen molar-refractivity contribution >= 4 is 12.4 Å². The van der Waals surface area contributed by atoms with E-state index >= 15 is 0 Å². The minimum absolute atomic E-state index is 0. The molecule has 4 nitrogen and oxygen atoms in total. The molecule has 17 heavy (non-hydrogen) atoms. The van der Waals surface area contributed by atoms with Crippen LogP contribution >= 0.6 is 12.4 Å². The molecule has 98 valence electrons. The van der Waals surface area contributed by atoms with Gasteiger partial charge in [-0.1, -0.05) is 6.07 Å². The number of hydrogen-bond acceptors (Lipinski definition) is 4. The van der Waals surface area contributed by atoms with Crippen LogP contribution in [0.1, 0.15) is 18.4 Å². The van der Waals surface area contributed by atoms with Gasteiger partial charge in [0.2, 0.25) is 0 Å². The van der Waals surface area contributed by atoms with Crippen molar-refractivity contribution in [3.05, 3.63) is 23.8 Å². The number of benzene rings is 1. The zero-order valence-corrected chi connectivity index (χ0v) is 10.7. The van der Waals surface area contributed by atoms with E-state index in [-0.39, 0.29) is 23.9 Å². The first-order valence-corrected chi connectivity index (χ1v) is 5.65. The van der Waals surface area contributed by atoms with Crippen LogP contribution in [0.2, 0.25) is 0 Å². The predicted octanol–water partition coefficient (Wildman–Crippen LogP) is 1.39. The van der Waals surface area contributed by atoms with E-state index in [9.17, 15) is 5.11 Å². The summed E-state index contributed by atoms with van der Waals surface area (Å²) in [7, 11) is 0. The van der Waals surface area contributed by atoms with E-state index in [1.807, 2.05) is 6.07 Å². The van der Waals surface area contributed by atoms with E-state index in [4.69, 9.17) is 10.8 Å². The van der Waals surface area contributed by atoms with Crippen LogP contribution in [-0.2, 0) is 6.42 Å². The standard InChI is InChI=1S/C12H20N2O2.ClH/c13-6-1-2-7-14-8-5-10-3-4-11(15)12(16)9-10;/h3-4,9,14-16H,1-2,5-8,13H2;1H. The molecule has 5 heteroatoms. The maximum Gasteiger partial charge on any atom is 0.157 e. The Balaban J connectivity index is 0.00000256. The molecule has 0 saturated carbocycles. The van der Waals surface area contributed by atoms with Crippen molar-refractivity contribution in [3.63, 3.8) is 0 Å². The summed E-state index contributed by atoms with van der Waals surface area (Å²) in [6, 6.07) is 4.92. The third-order valence-corrected chi connectivity index (χ3v) is 2.44. The van der Waals surface area contributed by atoms with Crippen LogP contribution in [0.4, 0.5) is 0 Å². The summed E-state index contributed by atoms with van der Waals surface area (Å²) in [6.45, 7) is 2.59. The van der Waals surface area contributed by atoms with Crippen molar-refractivity contribution in [1.82, 2.24) is 5.32 Å². The fourth-order valence-electron chi connectivity index (χ4n) is 1.48. The Kier molecular flexibility index (Phi) is 8.58. The largest absolute Gasteiger partial charge is 0.504 e. The van der Waals surface area contributed by atoms with Crippen molar-refractivity contribution in [3.8, 4) is 11.5 Å². The Morgan fingerprint density at radius 3 is 2.47 bits per heavy atom. The molecule has 1 rings (SSSR count). The van der Waals surface area contributed by atoms with Crippen LogP contribution in [0.25, 0.3) is 0 Å². The highest BCUT2D eigenvalue weighted by Crippen LogP contribution is 2.24. The second kappa shape index (κ2) is 9.10. The van der Waals surface area contributed by atoms with Gasteiger partial charge in [-0.05, 0) is 56.6 Å². The maximum absolute atomic E-state index is 9.29. The molecule has 0 amide bonds. The van der Waals surface area contributed by atoms with Crippen LogP contribution in [0, 0.1) is 0 Å². The Hall–Kier alpha value is -0.970. The van der Waals surface area contributed by atoms with Gasteiger partial charge >= 0.3 is 0 Å². The number of phenolic OH excluding ortho intramolecular Hbond substituents is 2. The lowest BCUT2D eigenvalue weighted by molar-refractivity contribution is 0.403. The summed E-state index contributed by atoms with van der Waals surface area (Å²) in [6.07, 6.45) is 2.99. The summed E-state index contributed by atoms with van der Waals surface area (Å²) >= 11 is 0. The fraction of sp³-hybridized carbons (Fsp3) is 0.500. The van der Waals surface area contributed by atoms with Gasteiger partial charge in [0.1, 0.15) is 0 Å². The minimum atomic E-state index is -0.0698. The van der Waals surface area contributed by atoms with Crippen LogP contribution in [0.15, 0.2) is 18.2 Å². The molecule has 0 bridgehead atoms. The molecule has 0 spiro atoms. The van der Waals surface area contributed by atoms with Gasteiger partial charge in [-0.2, -0.15) is 0 Å². The number of rotatable bonds is 7. The molecule has 0 aliphatic carbocycles. The average molecular weight is 261 g/mol. The smallest absolute Gasteiger partial charge is 0.157 e. The average Bonchev–Trinajstić information content (AvgIpc) is 2.28. The SMILES string of the molecule is Cl.NCCCCNCCc1ccc(O)c(O)c1. The van der Waals surface area contributed by atoms with E-state index in [1.54, 1.807) is 6.07 Å². The Morgan fingerprint density at radius 2 is 1.82 bits per heavy atom. The molecule has 0 heterocycles. The number of hydrogen-bond donors (Lipinski definition) is 4. The molecule has 1 aromatic rings. The predicted molar refractivity (Wildman–Crippen MR) is 71.9 cm³/mol. The van der Waals surface area contributed by atoms with Crippen LogP contribution in [-0.4, -0.2) is 29.8 Å². The topological polar surface area (TPSA) is 78.5 Å². The van der Waals surface area contributed by atoms with Gasteiger partial charge in [0.05, 0.1) is 0 Å². The number of nitrogens with two attached hydrogens (primary N) is 1. The van der Waals surface area contributed by atoms with Gasteiger partial charge in [0, 0.05) is 0 Å². The number of nitrogens with one attached hydrogen (secondary N) is 1. The first-order chi connectivity index (χ1) is 7.74. The summed E-state index contributed by atoms with van der Waals surface area (Å²) < 4.78 is 0. The van der Waals surface area contributed by atoms with E-state index in [1.165, 1.54) is 6.07 Å². The Bertz CT molecular complexity index is 321. The molecule has 0 radical (unpaired) electrons. The molecule has 0 aromatic heterocycles. The fourth-order valence-corrected chi connectivity index (χ4v) is 1.48. The van der Waals surface area contributed by atoms with Gasteiger partial charge in [-0.15, -0.1) is 12.4 Å². The van der Waals surface area contributed by atoms with Crippen molar-refractivity contribution in [2.75, 3.05) is 19.6 Å². The van der Waals surface area contributed by atoms with Crippen LogP contribution in [0.5, 0.6) is 11.5 Å². The van der Waals surface area contributed by atoms with Gasteiger partial charge < -0.3 is 21.3 Å². The van der Waals surface area contributed by atoms with Crippen molar-refractivity contribution in [2.45, 2.75) is 19.3 Å². The Labute approximate surface area is 108 Å². The highest BCUT2D eigenvalue weighted by Gasteiger charge is 1.99. The lowest BCUT2D eigenvalue weighted by atomic mass is 10.1. The van der Waals surface area contributed by atoms with Crippen LogP contribution < -0.4 is 11.1 Å². The number of aromatic hydroxyl groups is 2. The first kappa shape index (κ1) is 16.0. The lowest BCUT2D eigenvalue weighted by Gasteiger charge is -2.05. The van der Waals surface area contributed by atoms with Crippen molar-refractivity contribution in [2.24, 2.45) is 5.73 Å². The summed E-state index contributed by atoms with van der Waals surface area (Å²) in [5.74, 6) is -0.125. The van der Waals surface area contributed by atoms with Crippen molar-refractivity contribution in [1.29, 1.82) is 0 Å². The van der Waals surface area contributed by atoms with E-state index in [2.05, 4.69) is 5.32 Å². The maximum atomic E-state index is 9.29. The molecular weight excluding hydrogens is 240 g/mol. The molecule has 0 aliphatic rings. The van der Waals surface area contributed by atoms with E-state index in [0.717, 1.165) is 44.5 Å². The monoisotopic (exact) mass is 260 g/mol. The number of phenols is 2. The summed E-state index contributed by atoms with van der Waals surface area (Å²) in [5, 5.41) is 21.7. The van der Waals surface area contributed by atoms with E-state index < -0.39 is 0 Å². The second-order valence-corrected chi connectivity index (χ2v) is 3.82. The van der Waals surface area contributed by atoms with Crippen molar-refractivity contribution < 1.29 is 10.2 Å². The lowest BCUT2D eigenvalue weighted by Crippen LogP contribution is -2.19. The molecule has 5 N–H and O–H groups in total. The molecular formula is C12H21ClN2O2. The highest BCUT2D eigenvalue weighted by atomic mass is 35.5. The third kappa shape index (κ3) is 6.36. The quantitative estimate of drug-likeness (QED) is 0.441. The summed E-state index contributed by atoms with van der Waals surface area (Å²) in [4.78, 5) is 0. The third-order valence-electron chi connectivity index (χ3n) is 2.44. The molecule has 1 aromatic carbocycles. The Morgan fingerprint density at radius 1 is 1.06 bits per heavy atom. The zero-order chi connectivity index (χ0) is 11.8. The molecule has 0 aliphatic heterocycles. The van der Waals surface area contributed by atoms with Gasteiger partial charge in [0.25, 0.3) is 0 Å². The normalized spacial score (nSPS) is 9.94. The minimum Gasteiger partial charge on any atom is -0.504 e. The number of unbranched alkanes of at least 4 members (excludes halogenated alkanes) is 1. The van der Waals surface area contributed by atoms with Gasteiger partial charge in [-0.25, -0.2) is 0 Å². The molecule has 0 unspecified atom stereocenters. The number of halogens is 1. The zero-order valence-electron chi connectivity index (χ0n) is 9.85. The molecule has 0 fully saturated rings. The summed E-state index contributed by atoms with van der Waals surface area (Å²) in [5.41, 5.74) is 6.40. The second-order valence-electron chi connectivity index (χ2n) is 3.82. The van der Waals surface area contributed by atoms with Crippen LogP contribution in [0.3, 0.4) is 0 Å². The van der Waals surface area contributed by atoms with Gasteiger partial charge in [-0.3, -0.25) is 0 Å². The highest BCUT2D eigenvalue weighted by molar-refractivity contribution is 5.85. The molecule has 0 saturated heterocycles. The first-order valence-electron chi connectivity index (χ1n) is 5.65.